The highest BCUT2D eigenvalue weighted by atomic mass is 16.5. The first-order valence-electron chi connectivity index (χ1n) is 8.59. The summed E-state index contributed by atoms with van der Waals surface area (Å²) >= 11 is 0. The summed E-state index contributed by atoms with van der Waals surface area (Å²) in [7, 11) is 1.65. The minimum atomic E-state index is -0.0162. The maximum absolute atomic E-state index is 12.1. The van der Waals surface area contributed by atoms with Gasteiger partial charge in [0.25, 0.3) is 0 Å². The van der Waals surface area contributed by atoms with E-state index in [0.717, 1.165) is 42.8 Å². The van der Waals surface area contributed by atoms with E-state index in [4.69, 9.17) is 4.74 Å². The number of carbonyl (C=O) groups excluding carboxylic acids is 1. The maximum Gasteiger partial charge on any atom is 0.244 e. The zero-order valence-electron chi connectivity index (χ0n) is 14.5. The Morgan fingerprint density at radius 2 is 2.13 bits per heavy atom. The van der Waals surface area contributed by atoms with Crippen molar-refractivity contribution in [2.45, 2.75) is 39.2 Å². The van der Waals surface area contributed by atoms with E-state index in [2.05, 4.69) is 12.2 Å². The lowest BCUT2D eigenvalue weighted by molar-refractivity contribution is -0.905. The molecule has 0 radical (unpaired) electrons. The van der Waals surface area contributed by atoms with Crippen molar-refractivity contribution in [3.05, 3.63) is 35.4 Å². The van der Waals surface area contributed by atoms with E-state index < -0.39 is 0 Å². The Kier molecular flexibility index (Phi) is 6.66. The lowest BCUT2D eigenvalue weighted by atomic mass is 10.0. The van der Waals surface area contributed by atoms with Crippen LogP contribution in [0.1, 0.15) is 37.3 Å². The monoisotopic (exact) mass is 317 g/mol. The van der Waals surface area contributed by atoms with Gasteiger partial charge in [-0.15, -0.1) is 0 Å². The van der Waals surface area contributed by atoms with Crippen molar-refractivity contribution in [2.75, 3.05) is 26.7 Å². The normalized spacial score (nSPS) is 21.3. The fourth-order valence-electron chi connectivity index (χ4n) is 3.17. The van der Waals surface area contributed by atoms with Crippen molar-refractivity contribution < 1.29 is 14.4 Å². The molecule has 4 nitrogen and oxygen atoms in total. The van der Waals surface area contributed by atoms with Gasteiger partial charge in [0.15, 0.2) is 0 Å². The number of quaternary nitrogens is 1. The highest BCUT2D eigenvalue weighted by molar-refractivity contribution is 5.92. The molecule has 1 saturated heterocycles. The van der Waals surface area contributed by atoms with Gasteiger partial charge in [0.2, 0.25) is 5.91 Å². The largest absolute Gasteiger partial charge is 0.496 e. The number of carbonyl (C=O) groups is 1. The molecule has 4 heteroatoms. The average Bonchev–Trinajstić information content (AvgIpc) is 2.55. The van der Waals surface area contributed by atoms with E-state index >= 15 is 0 Å². The van der Waals surface area contributed by atoms with Crippen LogP contribution < -0.4 is 15.0 Å². The molecule has 1 aromatic rings. The predicted octanol–water partition coefficient (Wildman–Crippen LogP) is 1.59. The summed E-state index contributed by atoms with van der Waals surface area (Å²) in [5, 5.41) is 3.12. The third-order valence-electron chi connectivity index (χ3n) is 4.44. The number of nitrogens with one attached hydrogen (secondary N) is 2. The number of benzene rings is 1. The van der Waals surface area contributed by atoms with E-state index in [1.807, 2.05) is 31.2 Å². The standard InChI is InChI=1S/C19H28N2O2/c1-4-11-21-12-9-17(10-13-21)20-19(22)8-6-16-14-15(2)5-7-18(16)23-3/h5-8,14,17H,4,9-13H2,1-3H3,(H,20,22)/p+1/b8-6+. The van der Waals surface area contributed by atoms with Crippen LogP contribution in [0.25, 0.3) is 6.08 Å². The van der Waals surface area contributed by atoms with Gasteiger partial charge in [-0.05, 0) is 31.6 Å². The highest BCUT2D eigenvalue weighted by Gasteiger charge is 2.21. The van der Waals surface area contributed by atoms with Gasteiger partial charge in [0.1, 0.15) is 5.75 Å². The van der Waals surface area contributed by atoms with Gasteiger partial charge in [-0.3, -0.25) is 4.79 Å². The molecule has 23 heavy (non-hydrogen) atoms. The Morgan fingerprint density at radius 3 is 2.78 bits per heavy atom. The van der Waals surface area contributed by atoms with Gasteiger partial charge < -0.3 is 15.0 Å². The Morgan fingerprint density at radius 1 is 1.39 bits per heavy atom. The third-order valence-corrected chi connectivity index (χ3v) is 4.44. The number of ether oxygens (including phenoxy) is 1. The van der Waals surface area contributed by atoms with Crippen LogP contribution in [0.3, 0.4) is 0 Å². The van der Waals surface area contributed by atoms with Crippen LogP contribution in [0.5, 0.6) is 5.75 Å². The molecule has 2 N–H and O–H groups in total. The van der Waals surface area contributed by atoms with Crippen molar-refractivity contribution in [1.82, 2.24) is 5.32 Å². The molecule has 0 aliphatic carbocycles. The quantitative estimate of drug-likeness (QED) is 0.783. The summed E-state index contributed by atoms with van der Waals surface area (Å²) in [5.74, 6) is 0.772. The summed E-state index contributed by atoms with van der Waals surface area (Å²) in [6, 6.07) is 6.27. The molecule has 0 saturated carbocycles. The topological polar surface area (TPSA) is 42.8 Å². The van der Waals surface area contributed by atoms with E-state index in [0.29, 0.717) is 6.04 Å². The number of piperidine rings is 1. The Balaban J connectivity index is 1.87. The molecular weight excluding hydrogens is 288 g/mol. The number of hydrogen-bond acceptors (Lipinski definition) is 2. The number of methoxy groups -OCH3 is 1. The van der Waals surface area contributed by atoms with Crippen LogP contribution in [-0.4, -0.2) is 38.7 Å². The molecule has 1 aliphatic rings. The fourth-order valence-corrected chi connectivity index (χ4v) is 3.17. The van der Waals surface area contributed by atoms with Crippen LogP contribution in [0, 0.1) is 6.92 Å². The Hall–Kier alpha value is -1.81. The molecule has 1 fully saturated rings. The zero-order chi connectivity index (χ0) is 16.7. The lowest BCUT2D eigenvalue weighted by Crippen LogP contribution is -3.13. The zero-order valence-corrected chi connectivity index (χ0v) is 14.5. The SMILES string of the molecule is CCC[NH+]1CCC(NC(=O)/C=C/c2cc(C)ccc2OC)CC1. The molecule has 0 spiro atoms. The van der Waals surface area contributed by atoms with Crippen LogP contribution in [-0.2, 0) is 4.79 Å². The molecule has 0 unspecified atom stereocenters. The predicted molar refractivity (Wildman–Crippen MR) is 93.8 cm³/mol. The van der Waals surface area contributed by atoms with Crippen LogP contribution in [0.4, 0.5) is 0 Å². The van der Waals surface area contributed by atoms with Crippen LogP contribution >= 0.6 is 0 Å². The number of aryl methyl sites for hydroxylation is 1. The first kappa shape index (κ1) is 17.5. The van der Waals surface area contributed by atoms with E-state index in [1.54, 1.807) is 18.1 Å². The first-order chi connectivity index (χ1) is 11.1. The second kappa shape index (κ2) is 8.73. The Bertz CT molecular complexity index is 546. The maximum atomic E-state index is 12.1. The van der Waals surface area contributed by atoms with Crippen molar-refractivity contribution >= 4 is 12.0 Å². The van der Waals surface area contributed by atoms with Gasteiger partial charge in [-0.1, -0.05) is 18.6 Å². The number of rotatable bonds is 6. The molecule has 0 bridgehead atoms. The van der Waals surface area contributed by atoms with Gasteiger partial charge in [0.05, 0.1) is 26.7 Å². The van der Waals surface area contributed by atoms with Gasteiger partial charge in [0, 0.05) is 30.5 Å². The van der Waals surface area contributed by atoms with Crippen LogP contribution in [0.15, 0.2) is 24.3 Å². The minimum absolute atomic E-state index is 0.0162. The molecule has 1 aromatic carbocycles. The lowest BCUT2D eigenvalue weighted by Gasteiger charge is -2.29. The summed E-state index contributed by atoms with van der Waals surface area (Å²) in [6.45, 7) is 7.82. The minimum Gasteiger partial charge on any atom is -0.496 e. The van der Waals surface area contributed by atoms with E-state index in [9.17, 15) is 4.79 Å². The molecule has 1 amide bonds. The molecule has 1 heterocycles. The van der Waals surface area contributed by atoms with Crippen molar-refractivity contribution in [3.8, 4) is 5.75 Å². The van der Waals surface area contributed by atoms with Gasteiger partial charge in [-0.25, -0.2) is 0 Å². The van der Waals surface area contributed by atoms with E-state index in [1.165, 1.54) is 13.0 Å². The summed E-state index contributed by atoms with van der Waals surface area (Å²) in [5.41, 5.74) is 2.09. The van der Waals surface area contributed by atoms with Crippen LogP contribution in [0.2, 0.25) is 0 Å². The number of hydrogen-bond donors (Lipinski definition) is 2. The van der Waals surface area contributed by atoms with Gasteiger partial charge >= 0.3 is 0 Å². The molecule has 0 aromatic heterocycles. The molecule has 126 valence electrons. The smallest absolute Gasteiger partial charge is 0.244 e. The molecule has 1 aliphatic heterocycles. The van der Waals surface area contributed by atoms with Crippen molar-refractivity contribution in [1.29, 1.82) is 0 Å². The summed E-state index contributed by atoms with van der Waals surface area (Å²) < 4.78 is 5.33. The average molecular weight is 317 g/mol. The first-order valence-corrected chi connectivity index (χ1v) is 8.59. The second-order valence-electron chi connectivity index (χ2n) is 6.36. The molecular formula is C19H29N2O2+. The fraction of sp³-hybridized carbons (Fsp3) is 0.526. The summed E-state index contributed by atoms with van der Waals surface area (Å²) in [6.07, 6.45) is 6.82. The van der Waals surface area contributed by atoms with E-state index in [-0.39, 0.29) is 5.91 Å². The van der Waals surface area contributed by atoms with Crippen molar-refractivity contribution in [3.63, 3.8) is 0 Å². The number of likely N-dealkylation sites (tertiary alicyclic amines) is 1. The summed E-state index contributed by atoms with van der Waals surface area (Å²) in [4.78, 5) is 13.8. The highest BCUT2D eigenvalue weighted by Crippen LogP contribution is 2.20. The molecule has 2 rings (SSSR count). The number of amides is 1. The Labute approximate surface area is 139 Å². The second-order valence-corrected chi connectivity index (χ2v) is 6.36. The molecule has 0 atom stereocenters. The third kappa shape index (κ3) is 5.39. The van der Waals surface area contributed by atoms with Gasteiger partial charge in [-0.2, -0.15) is 0 Å². The van der Waals surface area contributed by atoms with Crippen molar-refractivity contribution in [2.24, 2.45) is 0 Å².